The number of carbonyl (C=O) groups excluding carboxylic acids is 1. The molecule has 0 heterocycles. The molecule has 0 aromatic carbocycles. The van der Waals surface area contributed by atoms with Gasteiger partial charge in [-0.3, -0.25) is 4.79 Å². The van der Waals surface area contributed by atoms with E-state index in [9.17, 15) is 4.79 Å². The second-order valence-electron chi connectivity index (χ2n) is 4.19. The average molecular weight is 189 g/mol. The van der Waals surface area contributed by atoms with Gasteiger partial charge in [-0.15, -0.1) is 0 Å². The first-order chi connectivity index (χ1) is 6.21. The zero-order valence-electron chi connectivity index (χ0n) is 10.3. The maximum atomic E-state index is 11.5. The number of methoxy groups -OCH3 is 2. The Bertz CT molecular complexity index is 211. The lowest BCUT2D eigenvalue weighted by molar-refractivity contribution is -0.160. The molecule has 0 rings (SSSR count). The standard InChI is InChI=1S/C10H20O3/c1-9(2,7-12-5)10(3,4)8(11)13-6/h7H2,1-6H3/i7D/t7-/m0/s1. The van der Waals surface area contributed by atoms with Gasteiger partial charge >= 0.3 is 5.97 Å². The molecule has 13 heavy (non-hydrogen) atoms. The summed E-state index contributed by atoms with van der Waals surface area (Å²) in [6, 6.07) is 0. The number of hydrogen-bond acceptors (Lipinski definition) is 3. The molecule has 1 atom stereocenters. The van der Waals surface area contributed by atoms with Crippen LogP contribution in [0.25, 0.3) is 0 Å². The van der Waals surface area contributed by atoms with Crippen LogP contribution in [0.2, 0.25) is 0 Å². The fourth-order valence-electron chi connectivity index (χ4n) is 0.960. The lowest BCUT2D eigenvalue weighted by Crippen LogP contribution is -2.43. The molecule has 0 aromatic rings. The van der Waals surface area contributed by atoms with Crippen LogP contribution >= 0.6 is 0 Å². The fourth-order valence-corrected chi connectivity index (χ4v) is 0.960. The molecule has 0 fully saturated rings. The average Bonchev–Trinajstić information content (AvgIpc) is 2.14. The zero-order valence-corrected chi connectivity index (χ0v) is 9.30. The molecule has 0 saturated carbocycles. The van der Waals surface area contributed by atoms with Crippen LogP contribution in [-0.4, -0.2) is 26.8 Å². The van der Waals surface area contributed by atoms with E-state index in [0.29, 0.717) is 0 Å². The van der Waals surface area contributed by atoms with Crippen LogP contribution in [-0.2, 0) is 14.3 Å². The van der Waals surface area contributed by atoms with Gasteiger partial charge in [-0.1, -0.05) is 13.8 Å². The maximum Gasteiger partial charge on any atom is 0.311 e. The van der Waals surface area contributed by atoms with E-state index in [1.165, 1.54) is 14.2 Å². The summed E-state index contributed by atoms with van der Waals surface area (Å²) >= 11 is 0. The Hall–Kier alpha value is -0.570. The Morgan fingerprint density at radius 3 is 2.08 bits per heavy atom. The van der Waals surface area contributed by atoms with Crippen molar-refractivity contribution in [3.05, 3.63) is 0 Å². The maximum absolute atomic E-state index is 11.5. The van der Waals surface area contributed by atoms with E-state index in [-0.39, 0.29) is 5.97 Å². The summed E-state index contributed by atoms with van der Waals surface area (Å²) in [7, 11) is 2.82. The van der Waals surface area contributed by atoms with Crippen LogP contribution in [0, 0.1) is 10.8 Å². The number of ether oxygens (including phenoxy) is 2. The first kappa shape index (κ1) is 10.5. The van der Waals surface area contributed by atoms with Crippen LogP contribution < -0.4 is 0 Å². The lowest BCUT2D eigenvalue weighted by atomic mass is 9.68. The topological polar surface area (TPSA) is 35.5 Å². The largest absolute Gasteiger partial charge is 0.469 e. The first-order valence-electron chi connectivity index (χ1n) is 4.83. The number of rotatable bonds is 4. The SMILES string of the molecule is [2H][C@H](OC)C(C)(C)C(C)(C)C(=O)OC. The Labute approximate surface area is 81.8 Å². The van der Waals surface area contributed by atoms with Gasteiger partial charge in [0, 0.05) is 12.5 Å². The molecule has 0 aromatic heterocycles. The number of hydrogen-bond donors (Lipinski definition) is 0. The van der Waals surface area contributed by atoms with E-state index in [0.717, 1.165) is 0 Å². The molecule has 78 valence electrons. The minimum Gasteiger partial charge on any atom is -0.469 e. The smallest absolute Gasteiger partial charge is 0.311 e. The molecule has 0 bridgehead atoms. The minimum absolute atomic E-state index is 0.322. The molecule has 0 aliphatic carbocycles. The van der Waals surface area contributed by atoms with Crippen molar-refractivity contribution in [3.8, 4) is 0 Å². The van der Waals surface area contributed by atoms with Gasteiger partial charge in [0.2, 0.25) is 0 Å². The van der Waals surface area contributed by atoms with E-state index in [2.05, 4.69) is 0 Å². The normalized spacial score (nSPS) is 16.3. The number of carbonyl (C=O) groups is 1. The van der Waals surface area contributed by atoms with Crippen molar-refractivity contribution < 1.29 is 15.6 Å². The van der Waals surface area contributed by atoms with Gasteiger partial charge < -0.3 is 9.47 Å². The van der Waals surface area contributed by atoms with E-state index < -0.39 is 17.4 Å². The summed E-state index contributed by atoms with van der Waals surface area (Å²) in [5.74, 6) is -0.322. The molecular formula is C10H20O3. The quantitative estimate of drug-likeness (QED) is 0.633. The van der Waals surface area contributed by atoms with Gasteiger partial charge in [0.1, 0.15) is 0 Å². The predicted molar refractivity (Wildman–Crippen MR) is 51.5 cm³/mol. The molecule has 0 radical (unpaired) electrons. The van der Waals surface area contributed by atoms with Crippen LogP contribution in [0.5, 0.6) is 0 Å². The van der Waals surface area contributed by atoms with Crippen molar-refractivity contribution in [2.45, 2.75) is 27.7 Å². The summed E-state index contributed by atoms with van der Waals surface area (Å²) in [6.45, 7) is 6.42. The number of esters is 1. The fraction of sp³-hybridized carbons (Fsp3) is 0.900. The van der Waals surface area contributed by atoms with Crippen molar-refractivity contribution in [1.29, 1.82) is 0 Å². The lowest BCUT2D eigenvalue weighted by Gasteiger charge is -2.38. The highest BCUT2D eigenvalue weighted by atomic mass is 16.5. The van der Waals surface area contributed by atoms with Crippen molar-refractivity contribution in [2.75, 3.05) is 20.8 Å². The van der Waals surface area contributed by atoms with Gasteiger partial charge in [0.05, 0.1) is 20.5 Å². The first-order valence-corrected chi connectivity index (χ1v) is 4.25. The van der Waals surface area contributed by atoms with Gasteiger partial charge in [0.25, 0.3) is 0 Å². The highest BCUT2D eigenvalue weighted by Gasteiger charge is 2.44. The third-order valence-electron chi connectivity index (χ3n) is 2.72. The molecule has 0 saturated heterocycles. The Kier molecular flexibility index (Phi) is 3.31. The van der Waals surface area contributed by atoms with Crippen LogP contribution in [0.4, 0.5) is 0 Å². The van der Waals surface area contributed by atoms with Crippen LogP contribution in [0.1, 0.15) is 29.1 Å². The molecule has 0 aliphatic heterocycles. The molecule has 0 spiro atoms. The van der Waals surface area contributed by atoms with Gasteiger partial charge in [-0.2, -0.15) is 0 Å². The van der Waals surface area contributed by atoms with Crippen molar-refractivity contribution in [3.63, 3.8) is 0 Å². The predicted octanol–water partition coefficient (Wildman–Crippen LogP) is 1.86. The van der Waals surface area contributed by atoms with E-state index >= 15 is 0 Å². The highest BCUT2D eigenvalue weighted by Crippen LogP contribution is 2.39. The third-order valence-corrected chi connectivity index (χ3v) is 2.72. The second-order valence-corrected chi connectivity index (χ2v) is 4.19. The van der Waals surface area contributed by atoms with Crippen LogP contribution in [0.3, 0.4) is 0 Å². The molecule has 3 nitrogen and oxygen atoms in total. The van der Waals surface area contributed by atoms with Crippen molar-refractivity contribution in [2.24, 2.45) is 10.8 Å². The Balaban J connectivity index is 4.95. The second kappa shape index (κ2) is 4.09. The molecule has 0 N–H and O–H groups in total. The summed E-state index contributed by atoms with van der Waals surface area (Å²) in [5, 5.41) is 0. The Morgan fingerprint density at radius 1 is 1.31 bits per heavy atom. The summed E-state index contributed by atoms with van der Waals surface area (Å²) in [5.41, 5.74) is -1.35. The summed E-state index contributed by atoms with van der Waals surface area (Å²) in [4.78, 5) is 11.5. The monoisotopic (exact) mass is 189 g/mol. The van der Waals surface area contributed by atoms with Crippen molar-refractivity contribution >= 4 is 5.97 Å². The minimum atomic E-state index is -0.753. The van der Waals surface area contributed by atoms with Gasteiger partial charge in [-0.25, -0.2) is 0 Å². The molecule has 0 amide bonds. The van der Waals surface area contributed by atoms with Crippen molar-refractivity contribution in [1.82, 2.24) is 0 Å². The Morgan fingerprint density at radius 2 is 1.77 bits per heavy atom. The molecule has 0 unspecified atom stereocenters. The zero-order chi connectivity index (χ0) is 11.6. The summed E-state index contributed by atoms with van der Waals surface area (Å²) in [6.07, 6.45) is 0. The third kappa shape index (κ3) is 2.44. The van der Waals surface area contributed by atoms with Gasteiger partial charge in [-0.05, 0) is 13.8 Å². The van der Waals surface area contributed by atoms with Crippen LogP contribution in [0.15, 0.2) is 0 Å². The van der Waals surface area contributed by atoms with E-state index in [1.54, 1.807) is 13.8 Å². The molecule has 0 aliphatic rings. The highest BCUT2D eigenvalue weighted by molar-refractivity contribution is 5.76. The molecular weight excluding hydrogens is 168 g/mol. The van der Waals surface area contributed by atoms with Gasteiger partial charge in [0.15, 0.2) is 0 Å². The van der Waals surface area contributed by atoms with E-state index in [1.807, 2.05) is 13.8 Å². The molecule has 3 heteroatoms. The van der Waals surface area contributed by atoms with E-state index in [4.69, 9.17) is 10.8 Å². The summed E-state index contributed by atoms with van der Waals surface area (Å²) < 4.78 is 17.4.